The summed E-state index contributed by atoms with van der Waals surface area (Å²) in [6, 6.07) is 4.68. The number of aromatic nitrogens is 2. The summed E-state index contributed by atoms with van der Waals surface area (Å²) in [7, 11) is 0. The highest BCUT2D eigenvalue weighted by atomic mass is 32.1. The molecule has 0 amide bonds. The van der Waals surface area contributed by atoms with Gasteiger partial charge >= 0.3 is 0 Å². The molecule has 1 fully saturated rings. The summed E-state index contributed by atoms with van der Waals surface area (Å²) >= 11 is 3.20. The third kappa shape index (κ3) is 2.86. The van der Waals surface area contributed by atoms with Gasteiger partial charge in [-0.25, -0.2) is 4.98 Å². The molecule has 0 unspecified atom stereocenters. The zero-order chi connectivity index (χ0) is 15.8. The Hall–Kier alpha value is -1.50. The lowest BCUT2D eigenvalue weighted by molar-refractivity contribution is 0.447. The molecule has 4 rings (SSSR count). The fourth-order valence-corrected chi connectivity index (χ4v) is 5.08. The van der Waals surface area contributed by atoms with Gasteiger partial charge in [0.1, 0.15) is 10.7 Å². The molecule has 120 valence electrons. The van der Waals surface area contributed by atoms with E-state index in [4.69, 9.17) is 4.98 Å². The summed E-state index contributed by atoms with van der Waals surface area (Å²) < 4.78 is 0. The van der Waals surface area contributed by atoms with Crippen LogP contribution in [0.25, 0.3) is 20.7 Å². The molecule has 0 aromatic carbocycles. The van der Waals surface area contributed by atoms with Gasteiger partial charge in [-0.15, -0.1) is 22.7 Å². The van der Waals surface area contributed by atoms with Crippen molar-refractivity contribution >= 4 is 32.9 Å². The smallest absolute Gasteiger partial charge is 0.260 e. The average Bonchev–Trinajstić information content (AvgIpc) is 3.27. The van der Waals surface area contributed by atoms with Crippen LogP contribution in [0.2, 0.25) is 0 Å². The number of thiophene rings is 2. The van der Waals surface area contributed by atoms with Gasteiger partial charge in [0.2, 0.25) is 0 Å². The zero-order valence-corrected chi connectivity index (χ0v) is 14.6. The van der Waals surface area contributed by atoms with E-state index in [1.165, 1.54) is 25.7 Å². The van der Waals surface area contributed by atoms with Crippen molar-refractivity contribution in [3.63, 3.8) is 0 Å². The molecule has 0 saturated heterocycles. The molecule has 0 spiro atoms. The Morgan fingerprint density at radius 2 is 2.17 bits per heavy atom. The molecular formula is C17H19N3OS2. The fraction of sp³-hybridized carbons (Fsp3) is 0.412. The topological polar surface area (TPSA) is 57.8 Å². The van der Waals surface area contributed by atoms with Crippen molar-refractivity contribution in [2.24, 2.45) is 0 Å². The third-order valence-electron chi connectivity index (χ3n) is 4.50. The predicted octanol–water partition coefficient (Wildman–Crippen LogP) is 4.31. The molecule has 3 aromatic rings. The van der Waals surface area contributed by atoms with Gasteiger partial charge < -0.3 is 10.3 Å². The first-order valence-corrected chi connectivity index (χ1v) is 9.79. The molecule has 2 N–H and O–H groups in total. The number of nitrogens with zero attached hydrogens (tertiary/aromatic N) is 1. The van der Waals surface area contributed by atoms with Gasteiger partial charge in [-0.05, 0) is 31.2 Å². The molecule has 0 radical (unpaired) electrons. The van der Waals surface area contributed by atoms with Crippen molar-refractivity contribution in [1.29, 1.82) is 0 Å². The van der Waals surface area contributed by atoms with Crippen LogP contribution in [-0.4, -0.2) is 16.0 Å². The lowest BCUT2D eigenvalue weighted by atomic mass is 10.2. The molecule has 3 heterocycles. The number of H-pyrrole nitrogens is 1. The summed E-state index contributed by atoms with van der Waals surface area (Å²) in [5, 5.41) is 8.38. The molecule has 4 nitrogen and oxygen atoms in total. The van der Waals surface area contributed by atoms with Crippen LogP contribution >= 0.6 is 22.7 Å². The molecule has 1 atom stereocenters. The Labute approximate surface area is 142 Å². The van der Waals surface area contributed by atoms with E-state index in [1.54, 1.807) is 22.7 Å². The van der Waals surface area contributed by atoms with Gasteiger partial charge in [0.05, 0.1) is 11.4 Å². The molecule has 3 aromatic heterocycles. The average molecular weight is 345 g/mol. The highest BCUT2D eigenvalue weighted by Gasteiger charge is 2.20. The maximum absolute atomic E-state index is 12.6. The number of fused-ring (bicyclic) bond motifs is 1. The molecule has 1 aliphatic rings. The summed E-state index contributed by atoms with van der Waals surface area (Å²) in [4.78, 5) is 22.3. The Bertz CT molecular complexity index is 860. The third-order valence-corrected chi connectivity index (χ3v) is 6.28. The lowest BCUT2D eigenvalue weighted by Crippen LogP contribution is -2.31. The van der Waals surface area contributed by atoms with Gasteiger partial charge in [-0.1, -0.05) is 18.9 Å². The molecule has 6 heteroatoms. The standard InChI is InChI=1S/C17H19N3OS2/c1-10(18-11-5-2-3-6-11)15-19-16(21)14-12(9-23-17(14)20-15)13-7-4-8-22-13/h4,7-11,18H,2-3,5-6H2,1H3,(H,19,20,21)/t10-/m1/s1. The highest BCUT2D eigenvalue weighted by molar-refractivity contribution is 7.18. The Kier molecular flexibility index (Phi) is 4.05. The number of nitrogens with one attached hydrogen (secondary N) is 2. The minimum Gasteiger partial charge on any atom is -0.309 e. The quantitative estimate of drug-likeness (QED) is 0.741. The Morgan fingerprint density at radius 3 is 2.91 bits per heavy atom. The van der Waals surface area contributed by atoms with Crippen LogP contribution in [0.15, 0.2) is 27.7 Å². The molecular weight excluding hydrogens is 326 g/mol. The van der Waals surface area contributed by atoms with E-state index in [1.807, 2.05) is 22.9 Å². The first-order chi connectivity index (χ1) is 11.2. The molecule has 23 heavy (non-hydrogen) atoms. The zero-order valence-electron chi connectivity index (χ0n) is 13.0. The number of hydrogen-bond acceptors (Lipinski definition) is 5. The number of hydrogen-bond donors (Lipinski definition) is 2. The highest BCUT2D eigenvalue weighted by Crippen LogP contribution is 2.33. The van der Waals surface area contributed by atoms with Gasteiger partial charge in [-0.2, -0.15) is 0 Å². The van der Waals surface area contributed by atoms with Crippen LogP contribution in [0.3, 0.4) is 0 Å². The summed E-state index contributed by atoms with van der Waals surface area (Å²) in [5.74, 6) is 0.744. The summed E-state index contributed by atoms with van der Waals surface area (Å²) in [6.45, 7) is 2.08. The van der Waals surface area contributed by atoms with E-state index in [-0.39, 0.29) is 11.6 Å². The number of rotatable bonds is 4. The maximum atomic E-state index is 12.6. The van der Waals surface area contributed by atoms with E-state index < -0.39 is 0 Å². The van der Waals surface area contributed by atoms with Crippen molar-refractivity contribution in [2.75, 3.05) is 0 Å². The van der Waals surface area contributed by atoms with Gasteiger partial charge in [-0.3, -0.25) is 4.79 Å². The second kappa shape index (κ2) is 6.19. The normalized spacial score (nSPS) is 17.1. The molecule has 0 bridgehead atoms. The van der Waals surface area contributed by atoms with E-state index >= 15 is 0 Å². The van der Waals surface area contributed by atoms with Gasteiger partial charge in [0.15, 0.2) is 0 Å². The van der Waals surface area contributed by atoms with Crippen molar-refractivity contribution in [3.05, 3.63) is 39.1 Å². The van der Waals surface area contributed by atoms with E-state index in [0.717, 1.165) is 21.1 Å². The van der Waals surface area contributed by atoms with Crippen molar-refractivity contribution in [3.8, 4) is 10.4 Å². The van der Waals surface area contributed by atoms with Crippen molar-refractivity contribution in [2.45, 2.75) is 44.7 Å². The van der Waals surface area contributed by atoms with Gasteiger partial charge in [0.25, 0.3) is 5.56 Å². The van der Waals surface area contributed by atoms with E-state index in [2.05, 4.69) is 17.2 Å². The first kappa shape index (κ1) is 15.1. The second-order valence-electron chi connectivity index (χ2n) is 6.13. The van der Waals surface area contributed by atoms with E-state index in [9.17, 15) is 4.79 Å². The SMILES string of the molecule is C[C@@H](NC1CCCC1)c1nc2scc(-c3cccs3)c2c(=O)[nH]1. The monoisotopic (exact) mass is 345 g/mol. The maximum Gasteiger partial charge on any atom is 0.260 e. The van der Waals surface area contributed by atoms with Crippen LogP contribution in [0.4, 0.5) is 0 Å². The van der Waals surface area contributed by atoms with Crippen LogP contribution < -0.4 is 10.9 Å². The summed E-state index contributed by atoms with van der Waals surface area (Å²) in [6.07, 6.45) is 5.03. The fourth-order valence-electron chi connectivity index (χ4n) is 3.31. The minimum absolute atomic E-state index is 0.0327. The number of aromatic amines is 1. The van der Waals surface area contributed by atoms with Gasteiger partial charge in [0, 0.05) is 21.9 Å². The predicted molar refractivity (Wildman–Crippen MR) is 97.4 cm³/mol. The van der Waals surface area contributed by atoms with Crippen molar-refractivity contribution < 1.29 is 0 Å². The molecule has 0 aliphatic heterocycles. The van der Waals surface area contributed by atoms with Crippen LogP contribution in [0.1, 0.15) is 44.5 Å². The van der Waals surface area contributed by atoms with Crippen molar-refractivity contribution in [1.82, 2.24) is 15.3 Å². The van der Waals surface area contributed by atoms with Crippen LogP contribution in [0, 0.1) is 0 Å². The molecule has 1 aliphatic carbocycles. The Morgan fingerprint density at radius 1 is 1.35 bits per heavy atom. The second-order valence-corrected chi connectivity index (χ2v) is 7.93. The van der Waals surface area contributed by atoms with E-state index in [0.29, 0.717) is 11.4 Å². The minimum atomic E-state index is -0.0327. The summed E-state index contributed by atoms with van der Waals surface area (Å²) in [5.41, 5.74) is 0.964. The molecule has 1 saturated carbocycles. The van der Waals surface area contributed by atoms with Crippen LogP contribution in [-0.2, 0) is 0 Å². The largest absolute Gasteiger partial charge is 0.309 e. The Balaban J connectivity index is 1.69. The van der Waals surface area contributed by atoms with Crippen LogP contribution in [0.5, 0.6) is 0 Å². The lowest BCUT2D eigenvalue weighted by Gasteiger charge is -2.18. The first-order valence-electron chi connectivity index (χ1n) is 8.03.